The first-order chi connectivity index (χ1) is 6.75. The van der Waals surface area contributed by atoms with Crippen LogP contribution in [0, 0.1) is 0 Å². The van der Waals surface area contributed by atoms with Crippen LogP contribution in [-0.4, -0.2) is 35.1 Å². The molecule has 1 atom stereocenters. The highest BCUT2D eigenvalue weighted by atomic mass is 16.4. The van der Waals surface area contributed by atoms with Gasteiger partial charge in [-0.1, -0.05) is 26.2 Å². The molecule has 0 aromatic rings. The Morgan fingerprint density at radius 1 is 1.36 bits per heavy atom. The van der Waals surface area contributed by atoms with Crippen molar-refractivity contribution < 1.29 is 9.90 Å². The summed E-state index contributed by atoms with van der Waals surface area (Å²) in [5, 5.41) is 9.11. The van der Waals surface area contributed by atoms with Crippen LogP contribution in [0.15, 0.2) is 0 Å². The van der Waals surface area contributed by atoms with Crippen LogP contribution in [0.1, 0.15) is 45.4 Å². The molecule has 1 heterocycles. The Kier molecular flexibility index (Phi) is 4.94. The number of rotatable bonds is 3. The van der Waals surface area contributed by atoms with Gasteiger partial charge in [0.2, 0.25) is 0 Å². The van der Waals surface area contributed by atoms with Crippen molar-refractivity contribution in [2.75, 3.05) is 13.1 Å². The van der Waals surface area contributed by atoms with Crippen LogP contribution in [0.2, 0.25) is 0 Å². The molecule has 0 aromatic heterocycles. The normalized spacial score (nSPS) is 25.4. The monoisotopic (exact) mass is 199 g/mol. The maximum absolute atomic E-state index is 11.1. The van der Waals surface area contributed by atoms with E-state index in [0.717, 1.165) is 38.8 Å². The first-order valence-electron chi connectivity index (χ1n) is 5.72. The van der Waals surface area contributed by atoms with E-state index in [2.05, 4.69) is 11.8 Å². The molecule has 1 fully saturated rings. The third-order valence-electron chi connectivity index (χ3n) is 2.91. The van der Waals surface area contributed by atoms with Crippen LogP contribution >= 0.6 is 0 Å². The highest BCUT2D eigenvalue weighted by Crippen LogP contribution is 2.16. The average Bonchev–Trinajstić information content (AvgIpc) is 2.09. The summed E-state index contributed by atoms with van der Waals surface area (Å²) in [4.78, 5) is 13.2. The predicted molar refractivity (Wildman–Crippen MR) is 56.4 cm³/mol. The van der Waals surface area contributed by atoms with Gasteiger partial charge in [0.05, 0.1) is 0 Å². The van der Waals surface area contributed by atoms with Gasteiger partial charge in [-0.2, -0.15) is 0 Å². The lowest BCUT2D eigenvalue weighted by Gasteiger charge is -2.30. The fraction of sp³-hybridized carbons (Fsp3) is 0.909. The number of aliphatic carboxylic acids is 1. The van der Waals surface area contributed by atoms with Gasteiger partial charge in [0.1, 0.15) is 6.04 Å². The molecular formula is C11H21NO2. The summed E-state index contributed by atoms with van der Waals surface area (Å²) >= 11 is 0. The molecule has 0 radical (unpaired) electrons. The van der Waals surface area contributed by atoms with Crippen molar-refractivity contribution in [1.29, 1.82) is 0 Å². The van der Waals surface area contributed by atoms with Crippen LogP contribution in [0.5, 0.6) is 0 Å². The van der Waals surface area contributed by atoms with E-state index in [1.807, 2.05) is 0 Å². The molecule has 1 unspecified atom stereocenters. The van der Waals surface area contributed by atoms with Crippen LogP contribution < -0.4 is 0 Å². The van der Waals surface area contributed by atoms with Gasteiger partial charge in [-0.15, -0.1) is 0 Å². The summed E-state index contributed by atoms with van der Waals surface area (Å²) in [5.74, 6) is -0.639. The molecule has 82 valence electrons. The second kappa shape index (κ2) is 6.02. The van der Waals surface area contributed by atoms with Gasteiger partial charge in [0, 0.05) is 0 Å². The third-order valence-corrected chi connectivity index (χ3v) is 2.91. The molecule has 0 aliphatic carbocycles. The molecule has 1 N–H and O–H groups in total. The van der Waals surface area contributed by atoms with Crippen molar-refractivity contribution in [3.8, 4) is 0 Å². The molecule has 0 spiro atoms. The summed E-state index contributed by atoms with van der Waals surface area (Å²) in [6.45, 7) is 4.00. The van der Waals surface area contributed by atoms with E-state index in [1.165, 1.54) is 12.8 Å². The second-order valence-electron chi connectivity index (χ2n) is 4.09. The van der Waals surface area contributed by atoms with Crippen molar-refractivity contribution in [2.24, 2.45) is 0 Å². The van der Waals surface area contributed by atoms with E-state index in [0.29, 0.717) is 0 Å². The first kappa shape index (κ1) is 11.5. The number of carboxylic acid groups (broad SMARTS) is 1. The summed E-state index contributed by atoms with van der Waals surface area (Å²) in [5.41, 5.74) is 0. The molecule has 1 rings (SSSR count). The quantitative estimate of drug-likeness (QED) is 0.757. The number of hydrogen-bond donors (Lipinski definition) is 1. The summed E-state index contributed by atoms with van der Waals surface area (Å²) < 4.78 is 0. The molecule has 0 aromatic carbocycles. The topological polar surface area (TPSA) is 40.5 Å². The summed E-state index contributed by atoms with van der Waals surface area (Å²) in [6, 6.07) is -0.227. The van der Waals surface area contributed by atoms with Gasteiger partial charge in [-0.05, 0) is 32.4 Å². The third kappa shape index (κ3) is 3.29. The fourth-order valence-electron chi connectivity index (χ4n) is 2.18. The van der Waals surface area contributed by atoms with Crippen LogP contribution in [-0.2, 0) is 4.79 Å². The molecule has 0 amide bonds. The lowest BCUT2D eigenvalue weighted by atomic mass is 10.0. The molecule has 14 heavy (non-hydrogen) atoms. The zero-order valence-corrected chi connectivity index (χ0v) is 9.04. The zero-order chi connectivity index (χ0) is 10.4. The van der Waals surface area contributed by atoms with Gasteiger partial charge in [-0.3, -0.25) is 9.69 Å². The van der Waals surface area contributed by atoms with Gasteiger partial charge in [0.15, 0.2) is 0 Å². The van der Waals surface area contributed by atoms with Crippen molar-refractivity contribution >= 4 is 5.97 Å². The van der Waals surface area contributed by atoms with Crippen molar-refractivity contribution in [2.45, 2.75) is 51.5 Å². The number of likely N-dealkylation sites (tertiary alicyclic amines) is 1. The minimum atomic E-state index is -0.639. The molecule has 3 heteroatoms. The molecular weight excluding hydrogens is 178 g/mol. The smallest absolute Gasteiger partial charge is 0.320 e. The largest absolute Gasteiger partial charge is 0.480 e. The molecule has 0 saturated carbocycles. The van der Waals surface area contributed by atoms with Gasteiger partial charge in [-0.25, -0.2) is 0 Å². The number of carboxylic acids is 1. The standard InChI is InChI=1S/C11H21NO2/c1-2-8-12-9-6-4-3-5-7-10(12)11(13)14/h10H,2-9H2,1H3,(H,13,14). The van der Waals surface area contributed by atoms with E-state index in [9.17, 15) is 4.79 Å². The molecule has 1 saturated heterocycles. The lowest BCUT2D eigenvalue weighted by molar-refractivity contribution is -0.143. The Morgan fingerprint density at radius 2 is 2.07 bits per heavy atom. The second-order valence-corrected chi connectivity index (χ2v) is 4.09. The fourth-order valence-corrected chi connectivity index (χ4v) is 2.18. The predicted octanol–water partition coefficient (Wildman–Crippen LogP) is 2.12. The van der Waals surface area contributed by atoms with Crippen LogP contribution in [0.3, 0.4) is 0 Å². The van der Waals surface area contributed by atoms with E-state index in [-0.39, 0.29) is 6.04 Å². The van der Waals surface area contributed by atoms with E-state index < -0.39 is 5.97 Å². The molecule has 1 aliphatic rings. The minimum Gasteiger partial charge on any atom is -0.480 e. The Labute approximate surface area is 86.1 Å². The Bertz CT molecular complexity index is 182. The van der Waals surface area contributed by atoms with Crippen LogP contribution in [0.4, 0.5) is 0 Å². The van der Waals surface area contributed by atoms with E-state index >= 15 is 0 Å². The Morgan fingerprint density at radius 3 is 2.71 bits per heavy atom. The van der Waals surface area contributed by atoms with Crippen molar-refractivity contribution in [3.05, 3.63) is 0 Å². The SMILES string of the molecule is CCCN1CCCCCCC1C(=O)O. The zero-order valence-electron chi connectivity index (χ0n) is 9.04. The maximum atomic E-state index is 11.1. The Balaban J connectivity index is 2.55. The highest BCUT2D eigenvalue weighted by Gasteiger charge is 2.25. The first-order valence-corrected chi connectivity index (χ1v) is 5.72. The van der Waals surface area contributed by atoms with Crippen molar-refractivity contribution in [3.63, 3.8) is 0 Å². The average molecular weight is 199 g/mol. The Hall–Kier alpha value is -0.570. The van der Waals surface area contributed by atoms with E-state index in [4.69, 9.17) is 5.11 Å². The molecule has 1 aliphatic heterocycles. The van der Waals surface area contributed by atoms with E-state index in [1.54, 1.807) is 0 Å². The lowest BCUT2D eigenvalue weighted by Crippen LogP contribution is -2.42. The van der Waals surface area contributed by atoms with Gasteiger partial charge >= 0.3 is 5.97 Å². The molecule has 0 bridgehead atoms. The molecule has 3 nitrogen and oxygen atoms in total. The highest BCUT2D eigenvalue weighted by molar-refractivity contribution is 5.73. The van der Waals surface area contributed by atoms with Gasteiger partial charge < -0.3 is 5.11 Å². The number of carbonyl (C=O) groups is 1. The van der Waals surface area contributed by atoms with Crippen LogP contribution in [0.25, 0.3) is 0 Å². The minimum absolute atomic E-state index is 0.227. The maximum Gasteiger partial charge on any atom is 0.320 e. The number of hydrogen-bond acceptors (Lipinski definition) is 2. The van der Waals surface area contributed by atoms with Crippen molar-refractivity contribution in [1.82, 2.24) is 4.90 Å². The number of nitrogens with zero attached hydrogens (tertiary/aromatic N) is 1. The summed E-state index contributed by atoms with van der Waals surface area (Å²) in [7, 11) is 0. The van der Waals surface area contributed by atoms with Gasteiger partial charge in [0.25, 0.3) is 0 Å². The summed E-state index contributed by atoms with van der Waals surface area (Å²) in [6.07, 6.45) is 6.55.